The number of nitro groups is 1. The summed E-state index contributed by atoms with van der Waals surface area (Å²) in [4.78, 5) is 18.3. The quantitative estimate of drug-likeness (QED) is 0.626. The number of aromatic nitrogens is 2. The van der Waals surface area contributed by atoms with Crippen molar-refractivity contribution < 1.29 is 4.92 Å². The first kappa shape index (κ1) is 10.7. The van der Waals surface area contributed by atoms with Gasteiger partial charge in [0, 0.05) is 24.0 Å². The van der Waals surface area contributed by atoms with Crippen molar-refractivity contribution in [2.24, 2.45) is 0 Å². The summed E-state index contributed by atoms with van der Waals surface area (Å²) in [7, 11) is 0. The van der Waals surface area contributed by atoms with E-state index in [1.807, 2.05) is 0 Å². The van der Waals surface area contributed by atoms with E-state index in [9.17, 15) is 10.1 Å². The van der Waals surface area contributed by atoms with Crippen LogP contribution in [-0.4, -0.2) is 14.9 Å². The van der Waals surface area contributed by atoms with Gasteiger partial charge in [-0.1, -0.05) is 0 Å². The molecule has 80 valence electrons. The molecule has 2 aromatic rings. The minimum absolute atomic E-state index is 0.0275. The fourth-order valence-corrected chi connectivity index (χ4v) is 1.77. The van der Waals surface area contributed by atoms with E-state index in [0.717, 1.165) is 5.56 Å². The van der Waals surface area contributed by atoms with Crippen molar-refractivity contribution in [2.75, 3.05) is 0 Å². The summed E-state index contributed by atoms with van der Waals surface area (Å²) in [5.74, 6) is 0.540. The van der Waals surface area contributed by atoms with Gasteiger partial charge in [0.2, 0.25) is 0 Å². The van der Waals surface area contributed by atoms with Crippen LogP contribution >= 0.6 is 15.9 Å². The number of halogens is 1. The van der Waals surface area contributed by atoms with Crippen molar-refractivity contribution in [3.63, 3.8) is 0 Å². The Morgan fingerprint density at radius 2 is 1.94 bits per heavy atom. The SMILES string of the molecule is O=[N+]([O-])c1ccc(-c2ncccn2)cc1Br. The average Bonchev–Trinajstić information content (AvgIpc) is 2.29. The molecule has 1 aromatic carbocycles. The van der Waals surface area contributed by atoms with Gasteiger partial charge in [-0.2, -0.15) is 0 Å². The zero-order valence-electron chi connectivity index (χ0n) is 8.00. The van der Waals surface area contributed by atoms with Crippen LogP contribution < -0.4 is 0 Å². The summed E-state index contributed by atoms with van der Waals surface area (Å²) in [6.45, 7) is 0. The van der Waals surface area contributed by atoms with Crippen LogP contribution in [0.25, 0.3) is 11.4 Å². The number of rotatable bonds is 2. The lowest BCUT2D eigenvalue weighted by Gasteiger charge is -2.00. The number of nitrogens with zero attached hydrogens (tertiary/aromatic N) is 3. The highest BCUT2D eigenvalue weighted by Gasteiger charge is 2.12. The van der Waals surface area contributed by atoms with Gasteiger partial charge in [0.15, 0.2) is 5.82 Å². The molecule has 16 heavy (non-hydrogen) atoms. The van der Waals surface area contributed by atoms with Gasteiger partial charge >= 0.3 is 0 Å². The number of hydrogen-bond donors (Lipinski definition) is 0. The summed E-state index contributed by atoms with van der Waals surface area (Å²) < 4.78 is 0.419. The molecule has 6 heteroatoms. The van der Waals surface area contributed by atoms with E-state index in [1.165, 1.54) is 6.07 Å². The molecule has 0 aliphatic heterocycles. The molecule has 0 spiro atoms. The molecule has 0 bridgehead atoms. The fraction of sp³-hybridized carbons (Fsp3) is 0. The summed E-state index contributed by atoms with van der Waals surface area (Å²) in [6.07, 6.45) is 3.25. The molecule has 1 aromatic heterocycles. The van der Waals surface area contributed by atoms with Crippen LogP contribution in [0.3, 0.4) is 0 Å². The van der Waals surface area contributed by atoms with Crippen LogP contribution in [-0.2, 0) is 0 Å². The predicted octanol–water partition coefficient (Wildman–Crippen LogP) is 2.81. The van der Waals surface area contributed by atoms with Gasteiger partial charge in [-0.3, -0.25) is 10.1 Å². The molecular formula is C10H6BrN3O2. The Hall–Kier alpha value is -1.82. The van der Waals surface area contributed by atoms with Crippen LogP contribution in [0, 0.1) is 10.1 Å². The predicted molar refractivity (Wildman–Crippen MR) is 61.8 cm³/mol. The van der Waals surface area contributed by atoms with Gasteiger partial charge in [-0.15, -0.1) is 0 Å². The second-order valence-corrected chi connectivity index (χ2v) is 3.85. The van der Waals surface area contributed by atoms with Crippen molar-refractivity contribution in [3.8, 4) is 11.4 Å². The molecule has 0 aliphatic rings. The van der Waals surface area contributed by atoms with Crippen molar-refractivity contribution in [2.45, 2.75) is 0 Å². The Morgan fingerprint density at radius 1 is 1.25 bits per heavy atom. The highest BCUT2D eigenvalue weighted by molar-refractivity contribution is 9.10. The normalized spacial score (nSPS) is 10.1. The van der Waals surface area contributed by atoms with E-state index in [0.29, 0.717) is 10.3 Å². The first-order valence-electron chi connectivity index (χ1n) is 4.40. The molecule has 0 fully saturated rings. The lowest BCUT2D eigenvalue weighted by atomic mass is 10.2. The first-order chi connectivity index (χ1) is 7.68. The lowest BCUT2D eigenvalue weighted by Crippen LogP contribution is -1.91. The van der Waals surface area contributed by atoms with Crippen molar-refractivity contribution >= 4 is 21.6 Å². The van der Waals surface area contributed by atoms with Crippen molar-refractivity contribution in [1.29, 1.82) is 0 Å². The maximum atomic E-state index is 10.6. The van der Waals surface area contributed by atoms with Crippen LogP contribution in [0.4, 0.5) is 5.69 Å². The first-order valence-corrected chi connectivity index (χ1v) is 5.19. The highest BCUT2D eigenvalue weighted by atomic mass is 79.9. The van der Waals surface area contributed by atoms with Gasteiger partial charge in [0.05, 0.1) is 9.40 Å². The van der Waals surface area contributed by atoms with Crippen LogP contribution in [0.5, 0.6) is 0 Å². The minimum Gasteiger partial charge on any atom is -0.258 e. The van der Waals surface area contributed by atoms with Gasteiger partial charge in [-0.05, 0) is 34.1 Å². The Kier molecular flexibility index (Phi) is 2.91. The molecule has 0 atom stereocenters. The smallest absolute Gasteiger partial charge is 0.258 e. The molecule has 0 N–H and O–H groups in total. The molecule has 0 amide bonds. The monoisotopic (exact) mass is 279 g/mol. The van der Waals surface area contributed by atoms with Crippen LogP contribution in [0.2, 0.25) is 0 Å². The van der Waals surface area contributed by atoms with Gasteiger partial charge in [-0.25, -0.2) is 9.97 Å². The van der Waals surface area contributed by atoms with E-state index in [4.69, 9.17) is 0 Å². The highest BCUT2D eigenvalue weighted by Crippen LogP contribution is 2.28. The van der Waals surface area contributed by atoms with E-state index >= 15 is 0 Å². The third-order valence-electron chi connectivity index (χ3n) is 1.97. The number of benzene rings is 1. The molecule has 0 aliphatic carbocycles. The zero-order chi connectivity index (χ0) is 11.5. The molecule has 0 unspecified atom stereocenters. The number of nitro benzene ring substituents is 1. The van der Waals surface area contributed by atoms with Crippen LogP contribution in [0.15, 0.2) is 41.1 Å². The molecule has 0 radical (unpaired) electrons. The van der Waals surface area contributed by atoms with E-state index in [1.54, 1.807) is 30.6 Å². The van der Waals surface area contributed by atoms with Gasteiger partial charge in [0.25, 0.3) is 5.69 Å². The topological polar surface area (TPSA) is 68.9 Å². The van der Waals surface area contributed by atoms with Crippen LogP contribution in [0.1, 0.15) is 0 Å². The maximum Gasteiger partial charge on any atom is 0.283 e. The largest absolute Gasteiger partial charge is 0.283 e. The zero-order valence-corrected chi connectivity index (χ0v) is 9.59. The lowest BCUT2D eigenvalue weighted by molar-refractivity contribution is -0.385. The summed E-state index contributed by atoms with van der Waals surface area (Å²) >= 11 is 3.15. The number of hydrogen-bond acceptors (Lipinski definition) is 4. The molecular weight excluding hydrogens is 274 g/mol. The van der Waals surface area contributed by atoms with Gasteiger partial charge < -0.3 is 0 Å². The second-order valence-electron chi connectivity index (χ2n) is 3.00. The Morgan fingerprint density at radius 3 is 2.50 bits per heavy atom. The van der Waals surface area contributed by atoms with Gasteiger partial charge in [0.1, 0.15) is 0 Å². The van der Waals surface area contributed by atoms with E-state index in [-0.39, 0.29) is 5.69 Å². The third kappa shape index (κ3) is 2.06. The second kappa shape index (κ2) is 4.36. The van der Waals surface area contributed by atoms with E-state index in [2.05, 4.69) is 25.9 Å². The summed E-state index contributed by atoms with van der Waals surface area (Å²) in [6, 6.07) is 6.39. The standard InChI is InChI=1S/C10H6BrN3O2/c11-8-6-7(2-3-9(8)14(15)16)10-12-4-1-5-13-10/h1-6H. The average molecular weight is 280 g/mol. The third-order valence-corrected chi connectivity index (χ3v) is 2.60. The molecule has 5 nitrogen and oxygen atoms in total. The molecule has 2 rings (SSSR count). The van der Waals surface area contributed by atoms with E-state index < -0.39 is 4.92 Å². The molecule has 0 saturated heterocycles. The Bertz CT molecular complexity index is 531. The summed E-state index contributed by atoms with van der Waals surface area (Å²) in [5, 5.41) is 10.6. The fourth-order valence-electron chi connectivity index (χ4n) is 1.24. The Balaban J connectivity index is 2.46. The van der Waals surface area contributed by atoms with Crippen molar-refractivity contribution in [3.05, 3.63) is 51.2 Å². The molecule has 1 heterocycles. The summed E-state index contributed by atoms with van der Waals surface area (Å²) in [5.41, 5.74) is 0.762. The minimum atomic E-state index is -0.445. The Labute approximate surface area is 99.4 Å². The maximum absolute atomic E-state index is 10.6. The molecule has 0 saturated carbocycles. The van der Waals surface area contributed by atoms with Crippen molar-refractivity contribution in [1.82, 2.24) is 9.97 Å².